The van der Waals surface area contributed by atoms with Crippen molar-refractivity contribution < 1.29 is 52.2 Å². The van der Waals surface area contributed by atoms with Crippen LogP contribution in [-0.4, -0.2) is 28.2 Å². The van der Waals surface area contributed by atoms with Gasteiger partial charge in [0.15, 0.2) is 0 Å². The van der Waals surface area contributed by atoms with Crippen molar-refractivity contribution in [1.82, 2.24) is 0 Å². The molecule has 0 heterocycles. The maximum atomic E-state index is 8.38. The van der Waals surface area contributed by atoms with E-state index in [-0.39, 0.29) is 31.0 Å². The summed E-state index contributed by atoms with van der Waals surface area (Å²) in [6.07, 6.45) is 0. The van der Waals surface area contributed by atoms with Crippen molar-refractivity contribution in [2.75, 3.05) is 0 Å². The molecule has 4 N–H and O–H groups in total. The molecule has 0 unspecified atom stereocenters. The van der Waals surface area contributed by atoms with Gasteiger partial charge in [0.25, 0.3) is 0 Å². The van der Waals surface area contributed by atoms with Crippen molar-refractivity contribution in [2.45, 2.75) is 0 Å². The molecule has 0 atom stereocenters. The van der Waals surface area contributed by atoms with Gasteiger partial charge >= 0.3 is 42.1 Å². The topological polar surface area (TPSA) is 98.0 Å². The zero-order valence-corrected chi connectivity index (χ0v) is 7.11. The molecule has 7 heteroatoms. The first-order valence-corrected chi connectivity index (χ1v) is 4.08. The molecule has 0 spiro atoms. The Hall–Kier alpha value is 0.961. The molecule has 7 heavy (non-hydrogen) atoms. The predicted molar refractivity (Wildman–Crippen MR) is 15.3 cm³/mol. The van der Waals surface area contributed by atoms with Crippen LogP contribution in [0.15, 0.2) is 0 Å². The monoisotopic (exact) mass is 201 g/mol. The van der Waals surface area contributed by atoms with E-state index < -0.39 is 9.05 Å². The molecule has 0 saturated heterocycles. The van der Waals surface area contributed by atoms with E-state index in [1.165, 1.54) is 0 Å². The molecule has 41 valence electrons. The minimum atomic E-state index is -4.61. The molecule has 0 fully saturated rings. The molecular weight excluding hydrogens is 197 g/mol. The third kappa shape index (κ3) is 186. The third-order valence-electron chi connectivity index (χ3n) is 0. The van der Waals surface area contributed by atoms with E-state index >= 15 is 0 Å². The van der Waals surface area contributed by atoms with Gasteiger partial charge in [-0.15, -0.1) is 0 Å². The average molecular weight is 201 g/mol. The first kappa shape index (κ1) is 10.9. The molecule has 5 nitrogen and oxygen atoms in total. The number of rotatable bonds is 0. The molecule has 0 bridgehead atoms. The van der Waals surface area contributed by atoms with Gasteiger partial charge < -0.3 is 19.2 Å². The van der Waals surface area contributed by atoms with Gasteiger partial charge in [0.1, 0.15) is 0 Å². The van der Waals surface area contributed by atoms with Gasteiger partial charge in [-0.25, -0.2) is 0 Å². The molecule has 0 saturated carbocycles. The second kappa shape index (κ2) is 5.10. The molecule has 0 rings (SSSR count). The zero-order chi connectivity index (χ0) is 6.50. The van der Waals surface area contributed by atoms with Gasteiger partial charge in [-0.2, -0.15) is 0 Å². The second-order valence-corrected chi connectivity index (χ2v) is 1.80. The normalized spacial score (nSPS) is 9.43. The van der Waals surface area contributed by atoms with Crippen LogP contribution in [0.2, 0.25) is 0 Å². The molecular formula is H4O5SiY. The molecule has 0 aliphatic heterocycles. The van der Waals surface area contributed by atoms with E-state index in [4.69, 9.17) is 21.2 Å². The minimum absolute atomic E-state index is 0.100. The van der Waals surface area contributed by atoms with Crippen LogP contribution in [0.1, 0.15) is 0 Å². The molecule has 0 aromatic carbocycles. The van der Waals surface area contributed by atoms with Crippen molar-refractivity contribution in [3.63, 3.8) is 0 Å². The SMILES string of the molecule is O[Si](O)(O)O.[O]=[Y]. The Kier molecular flexibility index (Phi) is 7.92. The molecule has 0 radical (unpaired) electrons. The molecule has 0 aliphatic rings. The zero-order valence-electron chi connectivity index (χ0n) is 3.27. The van der Waals surface area contributed by atoms with Crippen molar-refractivity contribution in [1.29, 1.82) is 0 Å². The van der Waals surface area contributed by atoms with Crippen molar-refractivity contribution in [3.8, 4) is 0 Å². The van der Waals surface area contributed by atoms with E-state index in [0.717, 1.165) is 0 Å². The van der Waals surface area contributed by atoms with E-state index in [1.54, 1.807) is 0 Å². The molecule has 0 aromatic rings. The fraction of sp³-hybridized carbons (Fsp3) is 0. The molecule has 0 amide bonds. The number of hydrogen-bond acceptors (Lipinski definition) is 5. The second-order valence-electron chi connectivity index (χ2n) is 0.600. The summed E-state index contributed by atoms with van der Waals surface area (Å²) in [7, 11) is -4.61. The van der Waals surface area contributed by atoms with E-state index in [0.29, 0.717) is 0 Å². The average Bonchev–Trinajstić information content (AvgIpc) is 1.36. The molecule has 0 aliphatic carbocycles. The number of hydrogen-bond donors (Lipinski definition) is 4. The first-order valence-electron chi connectivity index (χ1n) is 1.13. The first-order chi connectivity index (χ1) is 3.00. The van der Waals surface area contributed by atoms with Crippen LogP contribution in [0.4, 0.5) is 0 Å². The van der Waals surface area contributed by atoms with Crippen LogP contribution in [0, 0.1) is 0 Å². The van der Waals surface area contributed by atoms with Gasteiger partial charge in [0.2, 0.25) is 0 Å². The Morgan fingerprint density at radius 3 is 1.00 bits per heavy atom. The van der Waals surface area contributed by atoms with Gasteiger partial charge in [0, 0.05) is 0 Å². The summed E-state index contributed by atoms with van der Waals surface area (Å²) in [5.41, 5.74) is 0. The Labute approximate surface area is 61.2 Å². The Morgan fingerprint density at radius 1 is 1.00 bits per heavy atom. The summed E-state index contributed by atoms with van der Waals surface area (Å²) >= 11 is 0.100. The summed E-state index contributed by atoms with van der Waals surface area (Å²) in [4.78, 5) is 29.3. The quantitative estimate of drug-likeness (QED) is 0.319. The maximum absolute atomic E-state index is 8.38. The third-order valence-corrected chi connectivity index (χ3v) is 0. The summed E-state index contributed by atoms with van der Waals surface area (Å²) in [5, 5.41) is 0. The Balaban J connectivity index is 0. The summed E-state index contributed by atoms with van der Waals surface area (Å²) in [5.74, 6) is 0. The van der Waals surface area contributed by atoms with Crippen LogP contribution < -0.4 is 0 Å². The predicted octanol–water partition coefficient (Wildman–Crippen LogP) is -2.73. The summed E-state index contributed by atoms with van der Waals surface area (Å²) in [6, 6.07) is 0. The van der Waals surface area contributed by atoms with E-state index in [1.807, 2.05) is 0 Å². The fourth-order valence-corrected chi connectivity index (χ4v) is 0. The van der Waals surface area contributed by atoms with Crippen molar-refractivity contribution in [2.24, 2.45) is 0 Å². The van der Waals surface area contributed by atoms with Crippen LogP contribution >= 0.6 is 0 Å². The van der Waals surface area contributed by atoms with Gasteiger partial charge in [-0.1, -0.05) is 0 Å². The van der Waals surface area contributed by atoms with E-state index in [9.17, 15) is 0 Å². The van der Waals surface area contributed by atoms with Gasteiger partial charge in [-0.05, 0) is 0 Å². The van der Waals surface area contributed by atoms with Crippen LogP contribution in [0.25, 0.3) is 0 Å². The van der Waals surface area contributed by atoms with Crippen LogP contribution in [0.3, 0.4) is 0 Å². The van der Waals surface area contributed by atoms with E-state index in [2.05, 4.69) is 0 Å². The van der Waals surface area contributed by atoms with Crippen LogP contribution in [-0.2, 0) is 33.1 Å². The summed E-state index contributed by atoms with van der Waals surface area (Å²) in [6.45, 7) is 0. The Bertz CT molecular complexity index is 31.8. The van der Waals surface area contributed by atoms with Gasteiger partial charge in [0.05, 0.1) is 0 Å². The molecule has 0 aromatic heterocycles. The Morgan fingerprint density at radius 2 is 1.00 bits per heavy atom. The standard InChI is InChI=1S/H4O4Si.O.Y/c1-5(2,3)4;;/h1-4H;;. The van der Waals surface area contributed by atoms with Crippen molar-refractivity contribution >= 4 is 9.05 Å². The summed E-state index contributed by atoms with van der Waals surface area (Å²) < 4.78 is 8.38. The van der Waals surface area contributed by atoms with Crippen molar-refractivity contribution in [3.05, 3.63) is 0 Å². The van der Waals surface area contributed by atoms with Crippen LogP contribution in [0.5, 0.6) is 0 Å². The fourth-order valence-electron chi connectivity index (χ4n) is 0. The van der Waals surface area contributed by atoms with Gasteiger partial charge in [-0.3, -0.25) is 0 Å².